The number of thiazole rings is 1. The van der Waals surface area contributed by atoms with Crippen molar-refractivity contribution in [1.29, 1.82) is 0 Å². The Labute approximate surface area is 117 Å². The highest BCUT2D eigenvalue weighted by molar-refractivity contribution is 7.18. The largest absolute Gasteiger partial charge is 0.465 e. The summed E-state index contributed by atoms with van der Waals surface area (Å²) >= 11 is 6.51. The third-order valence-electron chi connectivity index (χ3n) is 2.08. The number of hydrogen-bond donors (Lipinski definition) is 0. The van der Waals surface area contributed by atoms with Gasteiger partial charge in [-0.15, -0.1) is 0 Å². The van der Waals surface area contributed by atoms with E-state index in [1.54, 1.807) is 6.92 Å². The summed E-state index contributed by atoms with van der Waals surface area (Å²) in [5, 5.41) is -0.0836. The van der Waals surface area contributed by atoms with E-state index in [4.69, 9.17) is 11.6 Å². The third-order valence-corrected chi connectivity index (χ3v) is 3.56. The minimum absolute atomic E-state index is 0.00226. The molecule has 1 aromatic heterocycles. The van der Waals surface area contributed by atoms with Crippen molar-refractivity contribution in [2.75, 3.05) is 25.1 Å². The molecule has 0 amide bonds. The van der Waals surface area contributed by atoms with E-state index in [-0.39, 0.29) is 21.7 Å². The van der Waals surface area contributed by atoms with Crippen molar-refractivity contribution in [3.05, 3.63) is 10.0 Å². The molecule has 0 saturated heterocycles. The lowest BCUT2D eigenvalue weighted by Gasteiger charge is -2.22. The first-order chi connectivity index (χ1) is 8.78. The molecule has 0 saturated carbocycles. The number of esters is 1. The van der Waals surface area contributed by atoms with Crippen LogP contribution in [0.4, 0.5) is 18.3 Å². The van der Waals surface area contributed by atoms with Crippen LogP contribution in [0.2, 0.25) is 5.15 Å². The number of methoxy groups -OCH3 is 1. The van der Waals surface area contributed by atoms with Crippen LogP contribution in [0, 0.1) is 0 Å². The molecule has 0 bridgehead atoms. The van der Waals surface area contributed by atoms with E-state index in [9.17, 15) is 18.0 Å². The predicted octanol–water partition coefficient (Wildman–Crippen LogP) is 3.36. The van der Waals surface area contributed by atoms with Gasteiger partial charge in [-0.1, -0.05) is 29.9 Å². The zero-order chi connectivity index (χ0) is 14.6. The zero-order valence-corrected chi connectivity index (χ0v) is 11.8. The number of nitrogens with zero attached hydrogens (tertiary/aromatic N) is 2. The van der Waals surface area contributed by atoms with Crippen molar-refractivity contribution >= 4 is 34.0 Å². The van der Waals surface area contributed by atoms with Gasteiger partial charge in [-0.25, -0.2) is 9.78 Å². The average molecular weight is 317 g/mol. The van der Waals surface area contributed by atoms with Gasteiger partial charge in [-0.05, 0) is 6.42 Å². The number of alkyl halides is 3. The van der Waals surface area contributed by atoms with Gasteiger partial charge in [0.2, 0.25) is 0 Å². The molecule has 4 nitrogen and oxygen atoms in total. The van der Waals surface area contributed by atoms with Crippen LogP contribution in [0.3, 0.4) is 0 Å². The number of hydrogen-bond acceptors (Lipinski definition) is 5. The van der Waals surface area contributed by atoms with Gasteiger partial charge < -0.3 is 9.64 Å². The van der Waals surface area contributed by atoms with Gasteiger partial charge in [-0.3, -0.25) is 0 Å². The Morgan fingerprint density at radius 3 is 2.63 bits per heavy atom. The molecular weight excluding hydrogens is 305 g/mol. The van der Waals surface area contributed by atoms with Gasteiger partial charge in [0, 0.05) is 6.54 Å². The Bertz CT molecular complexity index is 450. The molecular formula is C10H12ClF3N2O2S. The molecule has 0 aliphatic carbocycles. The van der Waals surface area contributed by atoms with Crippen LogP contribution in [0.1, 0.15) is 23.0 Å². The number of halogens is 4. The summed E-state index contributed by atoms with van der Waals surface area (Å²) in [6, 6.07) is 0. The lowest BCUT2D eigenvalue weighted by Crippen LogP contribution is -2.34. The van der Waals surface area contributed by atoms with Crippen molar-refractivity contribution in [2.24, 2.45) is 0 Å². The van der Waals surface area contributed by atoms with Crippen LogP contribution < -0.4 is 4.90 Å². The van der Waals surface area contributed by atoms with Gasteiger partial charge in [0.15, 0.2) is 15.2 Å². The summed E-state index contributed by atoms with van der Waals surface area (Å²) in [5.74, 6) is -0.711. The Kier molecular flexibility index (Phi) is 5.42. The van der Waals surface area contributed by atoms with E-state index >= 15 is 0 Å². The molecule has 9 heteroatoms. The van der Waals surface area contributed by atoms with Crippen molar-refractivity contribution in [3.8, 4) is 0 Å². The highest BCUT2D eigenvalue weighted by Gasteiger charge is 2.32. The summed E-state index contributed by atoms with van der Waals surface area (Å²) in [6.07, 6.45) is -3.83. The molecule has 0 aliphatic heterocycles. The first kappa shape index (κ1) is 16.0. The molecule has 108 valence electrons. The minimum Gasteiger partial charge on any atom is -0.465 e. The monoisotopic (exact) mass is 316 g/mol. The van der Waals surface area contributed by atoms with E-state index in [0.717, 1.165) is 23.3 Å². The normalized spacial score (nSPS) is 11.5. The number of rotatable bonds is 5. The van der Waals surface area contributed by atoms with Gasteiger partial charge in [-0.2, -0.15) is 13.2 Å². The number of carbonyl (C=O) groups is 1. The van der Waals surface area contributed by atoms with Crippen molar-refractivity contribution in [1.82, 2.24) is 4.98 Å². The Morgan fingerprint density at radius 1 is 1.53 bits per heavy atom. The maximum absolute atomic E-state index is 12.5. The quantitative estimate of drug-likeness (QED) is 0.781. The first-order valence-corrected chi connectivity index (χ1v) is 6.54. The number of ether oxygens (including phenoxy) is 1. The predicted molar refractivity (Wildman–Crippen MR) is 67.0 cm³/mol. The SMILES string of the molecule is CCCN(CC(F)(F)F)c1nc(Cl)c(C(=O)OC)s1. The molecule has 0 aromatic carbocycles. The van der Waals surface area contributed by atoms with Crippen molar-refractivity contribution < 1.29 is 22.7 Å². The second-order valence-corrected chi connectivity index (χ2v) is 4.98. The smallest absolute Gasteiger partial charge is 0.406 e. The molecule has 0 radical (unpaired) electrons. The molecule has 0 unspecified atom stereocenters. The molecule has 0 spiro atoms. The van der Waals surface area contributed by atoms with Crippen molar-refractivity contribution in [2.45, 2.75) is 19.5 Å². The summed E-state index contributed by atoms with van der Waals surface area (Å²) in [4.78, 5) is 16.2. The number of aromatic nitrogens is 1. The summed E-state index contributed by atoms with van der Waals surface area (Å²) in [7, 11) is 1.16. The van der Waals surface area contributed by atoms with E-state index in [1.165, 1.54) is 0 Å². The highest BCUT2D eigenvalue weighted by Crippen LogP contribution is 2.32. The maximum Gasteiger partial charge on any atom is 0.406 e. The van der Waals surface area contributed by atoms with Crippen LogP contribution in [0.15, 0.2) is 0 Å². The Balaban J connectivity index is 3.00. The molecule has 0 atom stereocenters. The zero-order valence-electron chi connectivity index (χ0n) is 10.3. The summed E-state index contributed by atoms with van der Waals surface area (Å²) in [5.41, 5.74) is 0. The van der Waals surface area contributed by atoms with Crippen LogP contribution in [0.25, 0.3) is 0 Å². The average Bonchev–Trinajstić information content (AvgIpc) is 2.68. The van der Waals surface area contributed by atoms with Gasteiger partial charge in [0.25, 0.3) is 0 Å². The van der Waals surface area contributed by atoms with E-state index in [1.807, 2.05) is 0 Å². The Morgan fingerprint density at radius 2 is 2.16 bits per heavy atom. The van der Waals surface area contributed by atoms with E-state index < -0.39 is 18.7 Å². The molecule has 1 rings (SSSR count). The molecule has 1 aromatic rings. The fourth-order valence-electron chi connectivity index (χ4n) is 1.37. The van der Waals surface area contributed by atoms with Gasteiger partial charge in [0.1, 0.15) is 6.54 Å². The first-order valence-electron chi connectivity index (χ1n) is 5.34. The van der Waals surface area contributed by atoms with Crippen molar-refractivity contribution in [3.63, 3.8) is 0 Å². The number of anilines is 1. The fraction of sp³-hybridized carbons (Fsp3) is 0.600. The second kappa shape index (κ2) is 6.42. The Hall–Kier alpha value is -1.02. The summed E-state index contributed by atoms with van der Waals surface area (Å²) in [6.45, 7) is 0.787. The standard InChI is InChI=1S/C10H12ClF3N2O2S/c1-3-4-16(5-10(12,13)14)9-15-7(11)6(19-9)8(17)18-2/h3-5H2,1-2H3. The second-order valence-electron chi connectivity index (χ2n) is 3.64. The number of carbonyl (C=O) groups excluding carboxylic acids is 1. The molecule has 0 N–H and O–H groups in total. The van der Waals surface area contributed by atoms with Gasteiger partial charge in [0.05, 0.1) is 7.11 Å². The van der Waals surface area contributed by atoms with Gasteiger partial charge >= 0.3 is 12.1 Å². The topological polar surface area (TPSA) is 42.4 Å². The van der Waals surface area contributed by atoms with Crippen LogP contribution in [-0.4, -0.2) is 37.3 Å². The lowest BCUT2D eigenvalue weighted by atomic mass is 10.4. The van der Waals surface area contributed by atoms with Crippen LogP contribution >= 0.6 is 22.9 Å². The lowest BCUT2D eigenvalue weighted by molar-refractivity contribution is -0.119. The minimum atomic E-state index is -4.35. The fourth-order valence-corrected chi connectivity index (χ4v) is 2.60. The summed E-state index contributed by atoms with van der Waals surface area (Å²) < 4.78 is 41.8. The van der Waals surface area contributed by atoms with Crippen LogP contribution in [0.5, 0.6) is 0 Å². The van der Waals surface area contributed by atoms with Crippen LogP contribution in [-0.2, 0) is 4.74 Å². The highest BCUT2D eigenvalue weighted by atomic mass is 35.5. The molecule has 1 heterocycles. The molecule has 0 aliphatic rings. The maximum atomic E-state index is 12.5. The third kappa shape index (κ3) is 4.54. The molecule has 0 fully saturated rings. The van der Waals surface area contributed by atoms with E-state index in [2.05, 4.69) is 9.72 Å². The van der Waals surface area contributed by atoms with E-state index in [0.29, 0.717) is 6.42 Å². The molecule has 19 heavy (non-hydrogen) atoms.